The highest BCUT2D eigenvalue weighted by atomic mass is 35.5. The van der Waals surface area contributed by atoms with Gasteiger partial charge in [-0.15, -0.1) is 0 Å². The van der Waals surface area contributed by atoms with Crippen LogP contribution in [-0.4, -0.2) is 15.6 Å². The second-order valence-electron chi connectivity index (χ2n) is 4.04. The largest absolute Gasteiger partial charge is 0.289 e. The molecular weight excluding hydrogens is 248 g/mol. The summed E-state index contributed by atoms with van der Waals surface area (Å²) < 4.78 is 1.77. The first-order valence-electron chi connectivity index (χ1n) is 5.55. The van der Waals surface area contributed by atoms with Crippen molar-refractivity contribution >= 4 is 23.5 Å². The van der Waals surface area contributed by atoms with Gasteiger partial charge < -0.3 is 0 Å². The summed E-state index contributed by atoms with van der Waals surface area (Å²) >= 11 is 5.77. The van der Waals surface area contributed by atoms with Crippen molar-refractivity contribution in [1.29, 1.82) is 0 Å². The second-order valence-corrected chi connectivity index (χ2v) is 4.48. The average molecular weight is 261 g/mol. The number of halogens is 1. The fraction of sp³-hybridized carbons (Fsp3) is 0.143. The molecule has 4 heteroatoms. The van der Waals surface area contributed by atoms with E-state index in [2.05, 4.69) is 5.10 Å². The van der Waals surface area contributed by atoms with Gasteiger partial charge in [0, 0.05) is 23.3 Å². The molecule has 0 aliphatic carbocycles. The number of nitrogens with zero attached hydrogens (tertiary/aromatic N) is 2. The molecule has 0 amide bonds. The Morgan fingerprint density at radius 3 is 2.56 bits per heavy atom. The predicted molar refractivity (Wildman–Crippen MR) is 72.8 cm³/mol. The Morgan fingerprint density at radius 1 is 1.33 bits per heavy atom. The fourth-order valence-electron chi connectivity index (χ4n) is 1.54. The van der Waals surface area contributed by atoms with Crippen LogP contribution in [0.15, 0.2) is 36.4 Å². The summed E-state index contributed by atoms with van der Waals surface area (Å²) in [6, 6.07) is 8.74. The van der Waals surface area contributed by atoms with Crippen LogP contribution in [0, 0.1) is 6.92 Å². The van der Waals surface area contributed by atoms with Crippen molar-refractivity contribution in [2.75, 3.05) is 0 Å². The summed E-state index contributed by atoms with van der Waals surface area (Å²) in [5.41, 5.74) is 2.44. The van der Waals surface area contributed by atoms with E-state index in [4.69, 9.17) is 11.6 Å². The molecule has 3 nitrogen and oxygen atoms in total. The Kier molecular flexibility index (Phi) is 3.63. The van der Waals surface area contributed by atoms with Gasteiger partial charge in [-0.05, 0) is 49.4 Å². The number of ketones is 1. The van der Waals surface area contributed by atoms with Crippen molar-refractivity contribution < 1.29 is 4.79 Å². The maximum absolute atomic E-state index is 11.9. The van der Waals surface area contributed by atoms with Crippen LogP contribution in [0.5, 0.6) is 0 Å². The number of hydrogen-bond donors (Lipinski definition) is 0. The standard InChI is InChI=1S/C14H13ClN2O/c1-10-9-13(16-17(10)2)7-8-14(18)11-3-5-12(15)6-4-11/h3-9H,1-2H3/b8-7+. The van der Waals surface area contributed by atoms with Gasteiger partial charge in [0.15, 0.2) is 5.78 Å². The molecule has 0 fully saturated rings. The molecule has 92 valence electrons. The van der Waals surface area contributed by atoms with Crippen LogP contribution < -0.4 is 0 Å². The van der Waals surface area contributed by atoms with E-state index in [1.807, 2.05) is 20.0 Å². The van der Waals surface area contributed by atoms with Crippen molar-refractivity contribution in [2.45, 2.75) is 6.92 Å². The number of benzene rings is 1. The van der Waals surface area contributed by atoms with Crippen LogP contribution in [0.1, 0.15) is 21.7 Å². The Morgan fingerprint density at radius 2 is 2.00 bits per heavy atom. The maximum atomic E-state index is 11.9. The van der Waals surface area contributed by atoms with E-state index in [-0.39, 0.29) is 5.78 Å². The van der Waals surface area contributed by atoms with Gasteiger partial charge in [0.2, 0.25) is 0 Å². The molecular formula is C14H13ClN2O. The molecule has 1 heterocycles. The van der Waals surface area contributed by atoms with Gasteiger partial charge in [-0.3, -0.25) is 9.48 Å². The molecule has 0 saturated carbocycles. The zero-order valence-corrected chi connectivity index (χ0v) is 11.0. The molecule has 0 spiro atoms. The first kappa shape index (κ1) is 12.6. The number of allylic oxidation sites excluding steroid dienone is 1. The normalized spacial score (nSPS) is 11.1. The fourth-order valence-corrected chi connectivity index (χ4v) is 1.67. The molecule has 18 heavy (non-hydrogen) atoms. The third-order valence-corrected chi connectivity index (χ3v) is 2.92. The Bertz CT molecular complexity index is 577. The van der Waals surface area contributed by atoms with Crippen molar-refractivity contribution in [3.05, 3.63) is 58.4 Å². The Labute approximate surface area is 111 Å². The highest BCUT2D eigenvalue weighted by molar-refractivity contribution is 6.30. The van der Waals surface area contributed by atoms with Crippen LogP contribution in [0.3, 0.4) is 0 Å². The van der Waals surface area contributed by atoms with E-state index in [1.165, 1.54) is 6.08 Å². The minimum absolute atomic E-state index is 0.0602. The van der Waals surface area contributed by atoms with Crippen molar-refractivity contribution in [3.63, 3.8) is 0 Å². The van der Waals surface area contributed by atoms with E-state index in [1.54, 1.807) is 35.0 Å². The van der Waals surface area contributed by atoms with E-state index < -0.39 is 0 Å². The first-order valence-corrected chi connectivity index (χ1v) is 5.92. The molecule has 0 atom stereocenters. The van der Waals surface area contributed by atoms with Gasteiger partial charge in [0.1, 0.15) is 0 Å². The lowest BCUT2D eigenvalue weighted by molar-refractivity contribution is 0.104. The summed E-state index contributed by atoms with van der Waals surface area (Å²) in [7, 11) is 1.87. The van der Waals surface area contributed by atoms with Gasteiger partial charge in [0.25, 0.3) is 0 Å². The lowest BCUT2D eigenvalue weighted by Crippen LogP contribution is -1.94. The van der Waals surface area contributed by atoms with Crippen molar-refractivity contribution in [1.82, 2.24) is 9.78 Å². The van der Waals surface area contributed by atoms with Crippen LogP contribution in [0.4, 0.5) is 0 Å². The van der Waals surface area contributed by atoms with E-state index in [0.29, 0.717) is 10.6 Å². The van der Waals surface area contributed by atoms with Crippen molar-refractivity contribution in [2.24, 2.45) is 7.05 Å². The van der Waals surface area contributed by atoms with Gasteiger partial charge in [-0.25, -0.2) is 0 Å². The third kappa shape index (κ3) is 2.87. The Hall–Kier alpha value is -1.87. The smallest absolute Gasteiger partial charge is 0.185 e. The summed E-state index contributed by atoms with van der Waals surface area (Å²) in [5.74, 6) is -0.0602. The Balaban J connectivity index is 2.14. The number of hydrogen-bond acceptors (Lipinski definition) is 2. The number of carbonyl (C=O) groups excluding carboxylic acids is 1. The van der Waals surface area contributed by atoms with Gasteiger partial charge in [0.05, 0.1) is 5.69 Å². The molecule has 0 unspecified atom stereocenters. The molecule has 0 aliphatic rings. The topological polar surface area (TPSA) is 34.9 Å². The second kappa shape index (κ2) is 5.19. The SMILES string of the molecule is Cc1cc(/C=C/C(=O)c2ccc(Cl)cc2)nn1C. The molecule has 0 bridgehead atoms. The minimum Gasteiger partial charge on any atom is -0.289 e. The number of carbonyl (C=O) groups is 1. The molecule has 1 aromatic carbocycles. The predicted octanol–water partition coefficient (Wildman–Crippen LogP) is 3.28. The molecule has 0 radical (unpaired) electrons. The molecule has 0 aliphatic heterocycles. The van der Waals surface area contributed by atoms with Gasteiger partial charge >= 0.3 is 0 Å². The van der Waals surface area contributed by atoms with E-state index in [0.717, 1.165) is 11.4 Å². The number of rotatable bonds is 3. The van der Waals surface area contributed by atoms with E-state index in [9.17, 15) is 4.79 Å². The highest BCUT2D eigenvalue weighted by Gasteiger charge is 2.02. The van der Waals surface area contributed by atoms with Crippen molar-refractivity contribution in [3.8, 4) is 0 Å². The summed E-state index contributed by atoms with van der Waals surface area (Å²) in [6.07, 6.45) is 3.23. The van der Waals surface area contributed by atoms with Gasteiger partial charge in [-0.2, -0.15) is 5.10 Å². The van der Waals surface area contributed by atoms with Crippen LogP contribution in [-0.2, 0) is 7.05 Å². The third-order valence-electron chi connectivity index (χ3n) is 2.67. The lowest BCUT2D eigenvalue weighted by atomic mass is 10.1. The highest BCUT2D eigenvalue weighted by Crippen LogP contribution is 2.11. The van der Waals surface area contributed by atoms with Crippen LogP contribution in [0.25, 0.3) is 6.08 Å². The molecule has 0 saturated heterocycles. The molecule has 2 rings (SSSR count). The zero-order valence-electron chi connectivity index (χ0n) is 10.2. The van der Waals surface area contributed by atoms with Crippen LogP contribution >= 0.6 is 11.6 Å². The molecule has 2 aromatic rings. The molecule has 0 N–H and O–H groups in total. The maximum Gasteiger partial charge on any atom is 0.185 e. The number of aromatic nitrogens is 2. The van der Waals surface area contributed by atoms with Gasteiger partial charge in [-0.1, -0.05) is 11.6 Å². The van der Waals surface area contributed by atoms with E-state index >= 15 is 0 Å². The number of aryl methyl sites for hydroxylation is 2. The quantitative estimate of drug-likeness (QED) is 0.627. The lowest BCUT2D eigenvalue weighted by Gasteiger charge is -1.95. The van der Waals surface area contributed by atoms with Crippen LogP contribution in [0.2, 0.25) is 5.02 Å². The first-order chi connectivity index (χ1) is 8.56. The molecule has 1 aromatic heterocycles. The minimum atomic E-state index is -0.0602. The summed E-state index contributed by atoms with van der Waals surface area (Å²) in [5, 5.41) is 4.87. The monoisotopic (exact) mass is 260 g/mol. The zero-order chi connectivity index (χ0) is 13.1. The summed E-state index contributed by atoms with van der Waals surface area (Å²) in [4.78, 5) is 11.9. The average Bonchev–Trinajstić information content (AvgIpc) is 2.67. The summed E-state index contributed by atoms with van der Waals surface area (Å²) in [6.45, 7) is 1.96.